The molecule has 3 aromatic heterocycles. The summed E-state index contributed by atoms with van der Waals surface area (Å²) < 4.78 is 5.52. The summed E-state index contributed by atoms with van der Waals surface area (Å²) in [5.74, 6) is -0.518. The molecular formula is C21H19N5O3S. The number of nitrogens with zero attached hydrogens (tertiary/aromatic N) is 1. The third-order valence-corrected chi connectivity index (χ3v) is 5.23. The fourth-order valence-corrected chi connectivity index (χ4v) is 3.77. The van der Waals surface area contributed by atoms with Gasteiger partial charge in [0.1, 0.15) is 5.65 Å². The van der Waals surface area contributed by atoms with Crippen molar-refractivity contribution in [1.82, 2.24) is 15.3 Å². The highest BCUT2D eigenvalue weighted by molar-refractivity contribution is 7.12. The summed E-state index contributed by atoms with van der Waals surface area (Å²) in [6, 6.07) is 14.1. The molecular weight excluding hydrogens is 402 g/mol. The molecule has 4 rings (SSSR count). The van der Waals surface area contributed by atoms with Gasteiger partial charge in [-0.15, -0.1) is 11.3 Å². The van der Waals surface area contributed by atoms with E-state index in [9.17, 15) is 9.59 Å². The summed E-state index contributed by atoms with van der Waals surface area (Å²) in [5, 5.41) is 9.14. The lowest BCUT2D eigenvalue weighted by atomic mass is 10.0. The van der Waals surface area contributed by atoms with E-state index in [0.29, 0.717) is 10.8 Å². The summed E-state index contributed by atoms with van der Waals surface area (Å²) >= 11 is 1.28. The number of ether oxygens (including phenoxy) is 1. The van der Waals surface area contributed by atoms with E-state index in [4.69, 9.17) is 10.5 Å². The number of anilines is 2. The maximum atomic E-state index is 12.5. The van der Waals surface area contributed by atoms with E-state index < -0.39 is 18.0 Å². The molecule has 0 aliphatic heterocycles. The van der Waals surface area contributed by atoms with Crippen LogP contribution in [0.15, 0.2) is 66.3 Å². The molecule has 5 N–H and O–H groups in total. The number of nitrogens with two attached hydrogens (primary N) is 1. The number of thiophene rings is 1. The molecule has 9 heteroatoms. The van der Waals surface area contributed by atoms with Crippen LogP contribution in [-0.4, -0.2) is 22.0 Å². The average molecular weight is 421 g/mol. The first-order valence-corrected chi connectivity index (χ1v) is 10.1. The number of hydrogen-bond acceptors (Lipinski definition) is 6. The van der Waals surface area contributed by atoms with Crippen molar-refractivity contribution in [3.05, 3.63) is 71.9 Å². The fourth-order valence-electron chi connectivity index (χ4n) is 3.08. The van der Waals surface area contributed by atoms with Gasteiger partial charge in [-0.3, -0.25) is 4.79 Å². The normalized spacial score (nSPS) is 11.7. The number of carbonyl (C=O) groups is 2. The third-order valence-electron chi connectivity index (χ3n) is 4.44. The number of aromatic amines is 1. The molecule has 1 aromatic carbocycles. The van der Waals surface area contributed by atoms with E-state index in [-0.39, 0.29) is 6.42 Å². The van der Waals surface area contributed by atoms with Gasteiger partial charge in [0.15, 0.2) is 0 Å². The Balaban J connectivity index is 1.48. The molecule has 8 nitrogen and oxygen atoms in total. The second-order valence-corrected chi connectivity index (χ2v) is 7.39. The lowest BCUT2D eigenvalue weighted by Crippen LogP contribution is -2.33. The molecule has 30 heavy (non-hydrogen) atoms. The fraction of sp³-hybridized carbons (Fsp3) is 0.0952. The molecule has 3 heterocycles. The van der Waals surface area contributed by atoms with Crippen molar-refractivity contribution in [2.45, 2.75) is 12.5 Å². The Kier molecular flexibility index (Phi) is 5.62. The molecule has 2 amide bonds. The largest absolute Gasteiger partial charge is 0.413 e. The van der Waals surface area contributed by atoms with Crippen LogP contribution in [0.1, 0.15) is 18.0 Å². The van der Waals surface area contributed by atoms with Crippen molar-refractivity contribution < 1.29 is 14.3 Å². The quantitative estimate of drug-likeness (QED) is 0.358. The molecule has 0 radical (unpaired) electrons. The van der Waals surface area contributed by atoms with Crippen LogP contribution >= 0.6 is 11.3 Å². The highest BCUT2D eigenvalue weighted by Gasteiger charge is 2.20. The minimum atomic E-state index is -0.669. The number of nitrogens with one attached hydrogen (secondary N) is 3. The first kappa shape index (κ1) is 19.5. The first-order valence-electron chi connectivity index (χ1n) is 9.18. The van der Waals surface area contributed by atoms with Crippen molar-refractivity contribution in [1.29, 1.82) is 0 Å². The van der Waals surface area contributed by atoms with Crippen LogP contribution in [0.5, 0.6) is 5.06 Å². The van der Waals surface area contributed by atoms with Gasteiger partial charge in [0, 0.05) is 17.8 Å². The number of hydrogen-bond donors (Lipinski definition) is 4. The van der Waals surface area contributed by atoms with Gasteiger partial charge in [0.2, 0.25) is 11.0 Å². The Morgan fingerprint density at radius 2 is 1.97 bits per heavy atom. The van der Waals surface area contributed by atoms with Crippen molar-refractivity contribution in [2.75, 3.05) is 5.32 Å². The number of pyridine rings is 1. The van der Waals surface area contributed by atoms with Gasteiger partial charge in [0.25, 0.3) is 0 Å². The number of benzene rings is 1. The summed E-state index contributed by atoms with van der Waals surface area (Å²) in [6.45, 7) is 0. The molecule has 0 fully saturated rings. The summed E-state index contributed by atoms with van der Waals surface area (Å²) in [5.41, 5.74) is 8.35. The Bertz CT molecular complexity index is 1170. The summed E-state index contributed by atoms with van der Waals surface area (Å²) in [7, 11) is 0. The van der Waals surface area contributed by atoms with Crippen LogP contribution in [0.4, 0.5) is 16.2 Å². The monoisotopic (exact) mass is 421 g/mol. The van der Waals surface area contributed by atoms with E-state index in [1.165, 1.54) is 11.3 Å². The molecule has 0 aliphatic rings. The average Bonchev–Trinajstić information content (AvgIpc) is 3.38. The van der Waals surface area contributed by atoms with E-state index in [2.05, 4.69) is 20.6 Å². The van der Waals surface area contributed by atoms with Crippen molar-refractivity contribution in [3.8, 4) is 5.06 Å². The lowest BCUT2D eigenvalue weighted by molar-refractivity contribution is -0.118. The number of H-pyrrole nitrogens is 1. The van der Waals surface area contributed by atoms with E-state index >= 15 is 0 Å². The molecule has 0 unspecified atom stereocenters. The van der Waals surface area contributed by atoms with Gasteiger partial charge in [0.05, 0.1) is 23.8 Å². The topological polar surface area (TPSA) is 122 Å². The van der Waals surface area contributed by atoms with E-state index in [1.54, 1.807) is 6.20 Å². The number of carbonyl (C=O) groups excluding carboxylic acids is 2. The molecule has 0 aliphatic carbocycles. The molecule has 0 spiro atoms. The molecule has 0 saturated heterocycles. The molecule has 1 atom stereocenters. The minimum absolute atomic E-state index is 0.0306. The van der Waals surface area contributed by atoms with Crippen LogP contribution in [0, 0.1) is 0 Å². The zero-order valence-electron chi connectivity index (χ0n) is 15.8. The highest BCUT2D eigenvalue weighted by atomic mass is 32.1. The van der Waals surface area contributed by atoms with Gasteiger partial charge in [-0.25, -0.2) is 9.78 Å². The number of rotatable bonds is 7. The Labute approximate surface area is 176 Å². The van der Waals surface area contributed by atoms with E-state index in [0.717, 1.165) is 22.3 Å². The molecule has 0 bridgehead atoms. The number of fused-ring (bicyclic) bond motifs is 1. The SMILES string of the molecule is NC(=O)C[C@@H](NC(=O)Oc1sccc1Nc1ccnc2[nH]ccc12)c1ccccc1. The predicted molar refractivity (Wildman–Crippen MR) is 116 cm³/mol. The third kappa shape index (κ3) is 4.41. The smallest absolute Gasteiger partial charge is 0.397 e. The zero-order chi connectivity index (χ0) is 20.9. The first-order chi connectivity index (χ1) is 14.6. The standard InChI is InChI=1S/C21H19N5O3S/c22-18(27)12-17(13-4-2-1-3-5-13)26-21(28)29-20-16(8-11-30-20)25-15-7-10-24-19-14(15)6-9-23-19/h1-11,17H,12H2,(H2,22,27)(H,26,28)(H2,23,24,25)/t17-/m1/s1. The Hall–Kier alpha value is -3.85. The molecule has 152 valence electrons. The maximum Gasteiger partial charge on any atom is 0.413 e. The van der Waals surface area contributed by atoms with Crippen molar-refractivity contribution >= 4 is 45.7 Å². The number of primary amides is 1. The lowest BCUT2D eigenvalue weighted by Gasteiger charge is -2.17. The van der Waals surface area contributed by atoms with Crippen LogP contribution in [0.3, 0.4) is 0 Å². The van der Waals surface area contributed by atoms with Crippen LogP contribution in [-0.2, 0) is 4.79 Å². The van der Waals surface area contributed by atoms with E-state index in [1.807, 2.05) is 60.1 Å². The summed E-state index contributed by atoms with van der Waals surface area (Å²) in [6.07, 6.45) is 2.80. The van der Waals surface area contributed by atoms with Gasteiger partial charge in [-0.2, -0.15) is 0 Å². The van der Waals surface area contributed by atoms with Crippen LogP contribution in [0.2, 0.25) is 0 Å². The van der Waals surface area contributed by atoms with Crippen molar-refractivity contribution in [3.63, 3.8) is 0 Å². The predicted octanol–water partition coefficient (Wildman–Crippen LogP) is 4.07. The van der Waals surface area contributed by atoms with Crippen LogP contribution < -0.4 is 21.1 Å². The van der Waals surface area contributed by atoms with Crippen LogP contribution in [0.25, 0.3) is 11.0 Å². The van der Waals surface area contributed by atoms with Crippen molar-refractivity contribution in [2.24, 2.45) is 5.73 Å². The molecule has 0 saturated carbocycles. The number of aromatic nitrogens is 2. The molecule has 4 aromatic rings. The highest BCUT2D eigenvalue weighted by Crippen LogP contribution is 2.35. The second-order valence-electron chi connectivity index (χ2n) is 6.51. The summed E-state index contributed by atoms with van der Waals surface area (Å²) in [4.78, 5) is 31.3. The Morgan fingerprint density at radius 1 is 1.13 bits per heavy atom. The van der Waals surface area contributed by atoms with Gasteiger partial charge in [-0.1, -0.05) is 30.3 Å². The second kappa shape index (κ2) is 8.66. The number of amides is 2. The maximum absolute atomic E-state index is 12.5. The van der Waals surface area contributed by atoms with Gasteiger partial charge in [-0.05, 0) is 29.1 Å². The Morgan fingerprint density at radius 3 is 2.77 bits per heavy atom. The van der Waals surface area contributed by atoms with Gasteiger partial charge < -0.3 is 26.1 Å². The zero-order valence-corrected chi connectivity index (χ0v) is 16.6. The van der Waals surface area contributed by atoms with Gasteiger partial charge >= 0.3 is 6.09 Å². The minimum Gasteiger partial charge on any atom is -0.397 e.